The summed E-state index contributed by atoms with van der Waals surface area (Å²) in [5, 5.41) is 15.7. The monoisotopic (exact) mass is 510 g/mol. The van der Waals surface area contributed by atoms with Crippen LogP contribution < -0.4 is 10.6 Å². The number of aliphatic hydroxyl groups excluding tert-OH is 1. The van der Waals surface area contributed by atoms with E-state index in [4.69, 9.17) is 0 Å². The van der Waals surface area contributed by atoms with Crippen LogP contribution in [0.15, 0.2) is 33.7 Å². The number of hydrogen-bond donors (Lipinski definition) is 3. The van der Waals surface area contributed by atoms with Crippen molar-refractivity contribution in [2.45, 2.75) is 19.4 Å². The number of β-amino-alcohol motifs (C(OH)–C–C–N with tert-alkyl or cyclic N) is 1. The van der Waals surface area contributed by atoms with Gasteiger partial charge < -0.3 is 20.6 Å². The molecule has 1 fully saturated rings. The third-order valence-electron chi connectivity index (χ3n) is 3.56. The number of halogens is 2. The fourth-order valence-corrected chi connectivity index (χ4v) is 2.66. The molecule has 8 heteroatoms. The number of aliphatic hydroxyl groups is 1. The molecule has 0 unspecified atom stereocenters. The van der Waals surface area contributed by atoms with E-state index in [1.165, 1.54) is 0 Å². The van der Waals surface area contributed by atoms with Gasteiger partial charge >= 0.3 is 0 Å². The zero-order valence-corrected chi connectivity index (χ0v) is 17.6. The maximum atomic E-state index is 12.0. The number of nitrogens with one attached hydrogen (secondary N) is 2. The molecular formula is C16H24BrIN4O2. The van der Waals surface area contributed by atoms with Crippen LogP contribution in [0.5, 0.6) is 0 Å². The van der Waals surface area contributed by atoms with Crippen molar-refractivity contribution in [2.24, 2.45) is 4.99 Å². The van der Waals surface area contributed by atoms with Crippen LogP contribution in [0, 0.1) is 0 Å². The first kappa shape index (κ1) is 21.2. The molecule has 2 rings (SSSR count). The fourth-order valence-electron chi connectivity index (χ4n) is 2.39. The number of likely N-dealkylation sites (tertiary alicyclic amines) is 1. The van der Waals surface area contributed by atoms with Gasteiger partial charge in [0.1, 0.15) is 0 Å². The van der Waals surface area contributed by atoms with E-state index in [1.807, 2.05) is 24.0 Å². The molecular weight excluding hydrogens is 487 g/mol. The van der Waals surface area contributed by atoms with Crippen LogP contribution in [0.2, 0.25) is 0 Å². The molecule has 1 aromatic carbocycles. The average molecular weight is 511 g/mol. The molecule has 3 N–H and O–H groups in total. The van der Waals surface area contributed by atoms with Gasteiger partial charge in [0.05, 0.1) is 12.6 Å². The summed E-state index contributed by atoms with van der Waals surface area (Å²) in [6, 6.07) is 7.24. The zero-order chi connectivity index (χ0) is 16.7. The van der Waals surface area contributed by atoms with E-state index >= 15 is 0 Å². The summed E-state index contributed by atoms with van der Waals surface area (Å²) in [5.41, 5.74) is 0.631. The fraction of sp³-hybridized carbons (Fsp3) is 0.500. The van der Waals surface area contributed by atoms with Crippen LogP contribution in [-0.2, 0) is 0 Å². The first-order valence-corrected chi connectivity index (χ1v) is 8.64. The minimum absolute atomic E-state index is 0. The highest BCUT2D eigenvalue weighted by molar-refractivity contribution is 14.0. The molecule has 1 aliphatic rings. The van der Waals surface area contributed by atoms with Crippen molar-refractivity contribution in [3.63, 3.8) is 0 Å². The summed E-state index contributed by atoms with van der Waals surface area (Å²) in [7, 11) is 0. The molecule has 0 saturated carbocycles. The summed E-state index contributed by atoms with van der Waals surface area (Å²) >= 11 is 3.35. The lowest BCUT2D eigenvalue weighted by molar-refractivity contribution is 0.0955. The van der Waals surface area contributed by atoms with Gasteiger partial charge in [-0.1, -0.05) is 15.9 Å². The van der Waals surface area contributed by atoms with E-state index in [1.54, 1.807) is 12.1 Å². The van der Waals surface area contributed by atoms with Crippen molar-refractivity contribution in [2.75, 3.05) is 32.7 Å². The minimum Gasteiger partial charge on any atom is -0.391 e. The predicted octanol–water partition coefficient (Wildman–Crippen LogP) is 1.83. The van der Waals surface area contributed by atoms with Crippen LogP contribution >= 0.6 is 39.9 Å². The average Bonchev–Trinajstić information content (AvgIpc) is 2.97. The van der Waals surface area contributed by atoms with Crippen molar-refractivity contribution < 1.29 is 9.90 Å². The van der Waals surface area contributed by atoms with Crippen molar-refractivity contribution in [3.05, 3.63) is 34.3 Å². The van der Waals surface area contributed by atoms with E-state index in [0.717, 1.165) is 29.9 Å². The minimum atomic E-state index is -0.282. The topological polar surface area (TPSA) is 77.0 Å². The summed E-state index contributed by atoms with van der Waals surface area (Å²) in [4.78, 5) is 18.5. The van der Waals surface area contributed by atoms with Crippen molar-refractivity contribution >= 4 is 51.8 Å². The highest BCUT2D eigenvalue weighted by atomic mass is 127. The van der Waals surface area contributed by atoms with Gasteiger partial charge in [-0.2, -0.15) is 0 Å². The number of aliphatic imine (C=N–C) groups is 1. The van der Waals surface area contributed by atoms with E-state index in [9.17, 15) is 9.90 Å². The number of carbonyl (C=O) groups excluding carboxylic acids is 1. The Kier molecular flexibility index (Phi) is 9.60. The summed E-state index contributed by atoms with van der Waals surface area (Å²) < 4.78 is 0.946. The van der Waals surface area contributed by atoms with Crippen LogP contribution in [0.3, 0.4) is 0 Å². The molecule has 134 valence electrons. The Hall–Kier alpha value is -0.870. The second-order valence-corrected chi connectivity index (χ2v) is 6.30. The molecule has 0 bridgehead atoms. The number of nitrogens with zero attached hydrogens (tertiary/aromatic N) is 2. The standard InChI is InChI=1S/C16H23BrN4O2.HI/c1-2-18-16(21-10-7-14(22)11-21)20-9-8-19-15(23)12-3-5-13(17)6-4-12;/h3-6,14,22H,2,7-11H2,1H3,(H,18,20)(H,19,23);1H/t14-;/m1./s1. The van der Waals surface area contributed by atoms with Crippen LogP contribution in [0.4, 0.5) is 0 Å². The summed E-state index contributed by atoms with van der Waals surface area (Å²) in [6.45, 7) is 5.17. The Balaban J connectivity index is 0.00000288. The molecule has 6 nitrogen and oxygen atoms in total. The lowest BCUT2D eigenvalue weighted by atomic mass is 10.2. The second kappa shape index (κ2) is 10.9. The van der Waals surface area contributed by atoms with E-state index in [0.29, 0.717) is 25.2 Å². The van der Waals surface area contributed by atoms with Crippen molar-refractivity contribution in [1.29, 1.82) is 0 Å². The number of hydrogen-bond acceptors (Lipinski definition) is 3. The molecule has 1 heterocycles. The SMILES string of the molecule is CCNC(=NCCNC(=O)c1ccc(Br)cc1)N1CC[C@@H](O)C1.I. The third kappa shape index (κ3) is 6.56. The molecule has 1 saturated heterocycles. The van der Waals surface area contributed by atoms with E-state index in [2.05, 4.69) is 31.6 Å². The van der Waals surface area contributed by atoms with Gasteiger partial charge in [-0.3, -0.25) is 9.79 Å². The summed E-state index contributed by atoms with van der Waals surface area (Å²) in [6.07, 6.45) is 0.487. The smallest absolute Gasteiger partial charge is 0.251 e. The molecule has 1 amide bonds. The Morgan fingerprint density at radius 2 is 2.08 bits per heavy atom. The van der Waals surface area contributed by atoms with Crippen LogP contribution in [0.1, 0.15) is 23.7 Å². The number of benzene rings is 1. The Bertz CT molecular complexity index is 554. The largest absolute Gasteiger partial charge is 0.391 e. The number of guanidine groups is 1. The first-order chi connectivity index (χ1) is 11.1. The molecule has 1 aromatic rings. The van der Waals surface area contributed by atoms with E-state index < -0.39 is 0 Å². The Morgan fingerprint density at radius 1 is 1.38 bits per heavy atom. The highest BCUT2D eigenvalue weighted by Gasteiger charge is 2.22. The number of carbonyl (C=O) groups is 1. The number of rotatable bonds is 5. The van der Waals surface area contributed by atoms with Gasteiger partial charge in [0.2, 0.25) is 0 Å². The summed E-state index contributed by atoms with van der Waals surface area (Å²) in [5.74, 6) is 0.691. The van der Waals surface area contributed by atoms with Crippen LogP contribution in [0.25, 0.3) is 0 Å². The zero-order valence-electron chi connectivity index (χ0n) is 13.7. The number of amides is 1. The molecule has 0 radical (unpaired) electrons. The molecule has 1 atom stereocenters. The maximum Gasteiger partial charge on any atom is 0.251 e. The second-order valence-electron chi connectivity index (χ2n) is 5.39. The first-order valence-electron chi connectivity index (χ1n) is 7.85. The maximum absolute atomic E-state index is 12.0. The molecule has 0 aromatic heterocycles. The lowest BCUT2D eigenvalue weighted by Gasteiger charge is -2.20. The quantitative estimate of drug-likeness (QED) is 0.244. The van der Waals surface area contributed by atoms with Gasteiger partial charge in [0.25, 0.3) is 5.91 Å². The highest BCUT2D eigenvalue weighted by Crippen LogP contribution is 2.10. The molecule has 1 aliphatic heterocycles. The third-order valence-corrected chi connectivity index (χ3v) is 4.09. The predicted molar refractivity (Wildman–Crippen MR) is 110 cm³/mol. The van der Waals surface area contributed by atoms with Gasteiger partial charge in [-0.15, -0.1) is 24.0 Å². The molecule has 0 aliphatic carbocycles. The van der Waals surface area contributed by atoms with Crippen molar-refractivity contribution in [1.82, 2.24) is 15.5 Å². The van der Waals surface area contributed by atoms with E-state index in [-0.39, 0.29) is 36.0 Å². The van der Waals surface area contributed by atoms with Crippen molar-refractivity contribution in [3.8, 4) is 0 Å². The van der Waals surface area contributed by atoms with Gasteiger partial charge in [-0.05, 0) is 37.6 Å². The Morgan fingerprint density at radius 3 is 2.67 bits per heavy atom. The van der Waals surface area contributed by atoms with Gasteiger partial charge in [0.15, 0.2) is 5.96 Å². The molecule has 24 heavy (non-hydrogen) atoms. The molecule has 0 spiro atoms. The normalized spacial score (nSPS) is 17.4. The van der Waals surface area contributed by atoms with Gasteiger partial charge in [0, 0.05) is 36.2 Å². The van der Waals surface area contributed by atoms with Gasteiger partial charge in [-0.25, -0.2) is 0 Å². The Labute approximate surface area is 168 Å². The van der Waals surface area contributed by atoms with Crippen LogP contribution in [-0.4, -0.2) is 60.7 Å². The lowest BCUT2D eigenvalue weighted by Crippen LogP contribution is -2.41.